The molecule has 0 saturated carbocycles. The van der Waals surface area contributed by atoms with Crippen molar-refractivity contribution in [2.45, 2.75) is 6.18 Å². The third-order valence-corrected chi connectivity index (χ3v) is 17.0. The van der Waals surface area contributed by atoms with Crippen LogP contribution >= 0.6 is 0 Å². The third kappa shape index (κ3) is 9.80. The van der Waals surface area contributed by atoms with E-state index in [4.69, 9.17) is 15.0 Å². The number of halogens is 3. The van der Waals surface area contributed by atoms with Gasteiger partial charge in [-0.3, -0.25) is 0 Å². The molecule has 0 atom stereocenters. The number of nitriles is 4. The van der Waals surface area contributed by atoms with E-state index in [1.165, 1.54) is 6.07 Å². The van der Waals surface area contributed by atoms with Gasteiger partial charge >= 0.3 is 6.18 Å². The van der Waals surface area contributed by atoms with Gasteiger partial charge in [0.15, 0.2) is 17.5 Å². The maximum Gasteiger partial charge on any atom is 0.417 e. The molecule has 92 heavy (non-hydrogen) atoms. The summed E-state index contributed by atoms with van der Waals surface area (Å²) in [6.45, 7) is 0. The predicted octanol–water partition coefficient (Wildman–Crippen LogP) is 19.9. The minimum absolute atomic E-state index is 0.130. The average Bonchev–Trinajstić information content (AvgIpc) is 1.50. The Hall–Kier alpha value is -13.0. The number of nitrogens with zero attached hydrogens (tertiary/aromatic N) is 9. The van der Waals surface area contributed by atoms with Crippen molar-refractivity contribution in [3.8, 4) is 125 Å². The zero-order valence-electron chi connectivity index (χ0n) is 48.6. The van der Waals surface area contributed by atoms with Gasteiger partial charge in [0.2, 0.25) is 0 Å². The monoisotopic (exact) mass is 1190 g/mol. The average molecular weight is 1190 g/mol. The Bertz CT molecular complexity index is 5340. The van der Waals surface area contributed by atoms with Crippen molar-refractivity contribution >= 4 is 43.6 Å². The first kappa shape index (κ1) is 55.6. The van der Waals surface area contributed by atoms with Gasteiger partial charge in [-0.25, -0.2) is 15.0 Å². The molecular formula is C80H44F3N9. The number of hydrogen-bond acceptors (Lipinski definition) is 7. The van der Waals surface area contributed by atoms with Crippen LogP contribution in [0.4, 0.5) is 13.2 Å². The number of rotatable bonds is 10. The van der Waals surface area contributed by atoms with E-state index in [0.29, 0.717) is 78.3 Å². The zero-order chi connectivity index (χ0) is 62.6. The summed E-state index contributed by atoms with van der Waals surface area (Å²) in [4.78, 5) is 15.5. The molecule has 0 amide bonds. The molecule has 3 heterocycles. The lowest BCUT2D eigenvalue weighted by Gasteiger charge is -2.24. The fraction of sp³-hybridized carbons (Fsp3) is 0.0125. The Morgan fingerprint density at radius 1 is 0.283 bits per heavy atom. The summed E-state index contributed by atoms with van der Waals surface area (Å²) in [6.07, 6.45) is -4.95. The van der Waals surface area contributed by atoms with Crippen LogP contribution in [0.5, 0.6) is 0 Å². The molecule has 9 nitrogen and oxygen atoms in total. The largest absolute Gasteiger partial charge is 0.417 e. The van der Waals surface area contributed by atoms with Gasteiger partial charge in [0, 0.05) is 49.4 Å². The quantitative estimate of drug-likeness (QED) is 0.133. The number of aromatic nitrogens is 5. The van der Waals surface area contributed by atoms with E-state index in [2.05, 4.69) is 36.4 Å². The van der Waals surface area contributed by atoms with Gasteiger partial charge in [0.1, 0.15) is 0 Å². The molecule has 12 heteroatoms. The molecule has 15 aromatic rings. The van der Waals surface area contributed by atoms with Crippen LogP contribution in [0.3, 0.4) is 0 Å². The van der Waals surface area contributed by atoms with E-state index >= 15 is 13.2 Å². The number of hydrogen-bond donors (Lipinski definition) is 0. The van der Waals surface area contributed by atoms with Gasteiger partial charge in [-0.1, -0.05) is 152 Å². The SMILES string of the molecule is N#Cc1ccc(-c2ccc3c(c2)c2cc(-c4ccc(C#N)cc4)ccc2n3-c2cccc(-c3nc(-c4ccccc4)nc(-c4ccccc4)n3)c2-c2c(-n3c4ccc(-c5ccc(C#N)cc5)cc4c4cc(-c5ccc(C#N)cc5)ccc43)cccc2C(F)(F)F)cc1. The smallest absolute Gasteiger partial charge is 0.309 e. The first-order valence-electron chi connectivity index (χ1n) is 29.4. The van der Waals surface area contributed by atoms with Crippen molar-refractivity contribution in [1.29, 1.82) is 21.0 Å². The number of alkyl halides is 3. The van der Waals surface area contributed by atoms with Gasteiger partial charge in [-0.15, -0.1) is 0 Å². The van der Waals surface area contributed by atoms with Gasteiger partial charge in [0.05, 0.1) is 85.5 Å². The normalized spacial score (nSPS) is 11.4. The third-order valence-electron chi connectivity index (χ3n) is 17.0. The van der Waals surface area contributed by atoms with Gasteiger partial charge in [0.25, 0.3) is 0 Å². The fourth-order valence-electron chi connectivity index (χ4n) is 12.6. The van der Waals surface area contributed by atoms with Crippen LogP contribution in [0, 0.1) is 45.3 Å². The van der Waals surface area contributed by atoms with Crippen molar-refractivity contribution in [3.63, 3.8) is 0 Å². The number of fused-ring (bicyclic) bond motifs is 6. The van der Waals surface area contributed by atoms with Crippen molar-refractivity contribution in [2.75, 3.05) is 0 Å². The van der Waals surface area contributed by atoms with Crippen LogP contribution in [0.15, 0.2) is 267 Å². The first-order chi connectivity index (χ1) is 45.0. The van der Waals surface area contributed by atoms with Crippen molar-refractivity contribution < 1.29 is 13.2 Å². The molecule has 3 aromatic heterocycles. The topological polar surface area (TPSA) is 144 Å². The molecule has 0 aliphatic carbocycles. The predicted molar refractivity (Wildman–Crippen MR) is 356 cm³/mol. The molecule has 0 aliphatic heterocycles. The van der Waals surface area contributed by atoms with E-state index in [-0.39, 0.29) is 22.6 Å². The van der Waals surface area contributed by atoms with E-state index in [1.807, 2.05) is 191 Å². The molecule has 430 valence electrons. The summed E-state index contributed by atoms with van der Waals surface area (Å²) in [6, 6.07) is 90.7. The second kappa shape index (κ2) is 22.6. The molecule has 12 aromatic carbocycles. The van der Waals surface area contributed by atoms with Crippen molar-refractivity contribution in [1.82, 2.24) is 24.1 Å². The van der Waals surface area contributed by atoms with E-state index < -0.39 is 11.7 Å². The lowest BCUT2D eigenvalue weighted by Crippen LogP contribution is -2.12. The molecule has 0 radical (unpaired) electrons. The summed E-state index contributed by atoms with van der Waals surface area (Å²) in [7, 11) is 0. The minimum Gasteiger partial charge on any atom is -0.309 e. The van der Waals surface area contributed by atoms with E-state index in [1.54, 1.807) is 60.7 Å². The van der Waals surface area contributed by atoms with Gasteiger partial charge in [-0.2, -0.15) is 34.2 Å². The minimum atomic E-state index is -4.95. The van der Waals surface area contributed by atoms with Gasteiger partial charge in [-0.05, 0) is 160 Å². The van der Waals surface area contributed by atoms with E-state index in [0.717, 1.165) is 72.1 Å². The van der Waals surface area contributed by atoms with Crippen LogP contribution in [-0.2, 0) is 6.18 Å². The summed E-state index contributed by atoms with van der Waals surface area (Å²) >= 11 is 0. The molecule has 0 aliphatic rings. The highest BCUT2D eigenvalue weighted by atomic mass is 19.4. The maximum atomic E-state index is 17.0. The van der Waals surface area contributed by atoms with Crippen LogP contribution in [0.2, 0.25) is 0 Å². The molecule has 0 spiro atoms. The molecule has 15 rings (SSSR count). The summed E-state index contributed by atoms with van der Waals surface area (Å²) in [5.74, 6) is 0.762. The van der Waals surface area contributed by atoms with Crippen LogP contribution in [-0.4, -0.2) is 24.1 Å². The zero-order valence-corrected chi connectivity index (χ0v) is 48.6. The highest BCUT2D eigenvalue weighted by Gasteiger charge is 2.38. The van der Waals surface area contributed by atoms with Crippen molar-refractivity contribution in [2.24, 2.45) is 0 Å². The van der Waals surface area contributed by atoms with Crippen LogP contribution in [0.1, 0.15) is 27.8 Å². The Morgan fingerprint density at radius 3 is 0.913 bits per heavy atom. The number of benzene rings is 12. The summed E-state index contributed by atoms with van der Waals surface area (Å²) < 4.78 is 55.0. The molecule has 0 fully saturated rings. The molecule has 0 saturated heterocycles. The van der Waals surface area contributed by atoms with Gasteiger partial charge < -0.3 is 9.13 Å². The second-order valence-corrected chi connectivity index (χ2v) is 22.3. The lowest BCUT2D eigenvalue weighted by molar-refractivity contribution is -0.137. The molecule has 0 unspecified atom stereocenters. The lowest BCUT2D eigenvalue weighted by atomic mass is 9.90. The molecule has 0 N–H and O–H groups in total. The maximum absolute atomic E-state index is 17.0. The Morgan fingerprint density at radius 2 is 0.587 bits per heavy atom. The first-order valence-corrected chi connectivity index (χ1v) is 29.4. The summed E-state index contributed by atoms with van der Waals surface area (Å²) in [5, 5.41) is 42.0. The Balaban J connectivity index is 1.08. The molecule has 0 bridgehead atoms. The Labute approximate surface area is 525 Å². The van der Waals surface area contributed by atoms with Crippen molar-refractivity contribution in [3.05, 3.63) is 295 Å². The van der Waals surface area contributed by atoms with Crippen LogP contribution in [0.25, 0.3) is 145 Å². The standard InChI is InChI=1S/C80H44F3N9/c81-80(82,83)68-14-8-16-74(92-71-39-35-61(55-29-21-51(47-86)22-30-55)43-66(71)67-44-62(36-40-72(67)92)56-31-23-52(48-87)24-32-56)76(68)75-63(79-89-77(57-9-3-1-4-10-57)88-78(90-79)58-11-5-2-6-12-58)13-7-15-73(75)91-69-37-33-59(53-25-17-49(45-84)18-26-53)41-64(69)65-42-60(34-38-70(65)91)54-27-19-50(46-85)20-28-54/h1-44H. The highest BCUT2D eigenvalue weighted by Crippen LogP contribution is 2.50. The van der Waals surface area contributed by atoms with E-state index in [9.17, 15) is 21.0 Å². The fourth-order valence-corrected chi connectivity index (χ4v) is 12.6. The Kier molecular flexibility index (Phi) is 13.7. The van der Waals surface area contributed by atoms with Crippen LogP contribution < -0.4 is 0 Å². The summed E-state index contributed by atoms with van der Waals surface area (Å²) in [5.41, 5.74) is 12.8. The second-order valence-electron chi connectivity index (χ2n) is 22.3. The molecular weight excluding hydrogens is 1140 g/mol. The highest BCUT2D eigenvalue weighted by molar-refractivity contribution is 6.15.